The predicted octanol–water partition coefficient (Wildman–Crippen LogP) is 9.72. The van der Waals surface area contributed by atoms with Gasteiger partial charge in [0.1, 0.15) is 22.9 Å². The summed E-state index contributed by atoms with van der Waals surface area (Å²) in [5.41, 5.74) is -2.15. The normalized spacial score (nSPS) is 31.0. The number of halogens is 7. The molecule has 0 bridgehead atoms. The monoisotopic (exact) mass is 564 g/mol. The molecule has 0 radical (unpaired) electrons. The number of alkyl halides is 5. The molecule has 3 aliphatic rings. The molecule has 0 spiro atoms. The third-order valence-electron chi connectivity index (χ3n) is 8.97. The Bertz CT molecular complexity index is 930. The van der Waals surface area contributed by atoms with Gasteiger partial charge in [0.15, 0.2) is 6.61 Å². The summed E-state index contributed by atoms with van der Waals surface area (Å²) in [7, 11) is 0. The Kier molecular flexibility index (Phi) is 9.92. The lowest BCUT2D eigenvalue weighted by atomic mass is 9.70. The number of benzene rings is 1. The highest BCUT2D eigenvalue weighted by atomic mass is 19.4. The first-order chi connectivity index (χ1) is 18.4. The van der Waals surface area contributed by atoms with Gasteiger partial charge in [-0.05, 0) is 93.8 Å². The quantitative estimate of drug-likeness (QED) is 0.231. The summed E-state index contributed by atoms with van der Waals surface area (Å²) in [6.45, 7) is 1.19. The van der Waals surface area contributed by atoms with Gasteiger partial charge in [0.25, 0.3) is 0 Å². The molecule has 0 N–H and O–H groups in total. The molecule has 3 fully saturated rings. The second kappa shape index (κ2) is 12.8. The first kappa shape index (κ1) is 30.2. The fourth-order valence-corrected chi connectivity index (χ4v) is 6.62. The second-order valence-corrected chi connectivity index (χ2v) is 11.9. The lowest BCUT2D eigenvalue weighted by Crippen LogP contribution is -2.35. The molecule has 0 saturated heterocycles. The van der Waals surface area contributed by atoms with Gasteiger partial charge in [-0.2, -0.15) is 22.0 Å². The molecule has 9 heteroatoms. The summed E-state index contributed by atoms with van der Waals surface area (Å²) in [6, 6.07) is 0.206. The summed E-state index contributed by atoms with van der Waals surface area (Å²) in [4.78, 5) is 0. The number of rotatable bonds is 8. The van der Waals surface area contributed by atoms with Gasteiger partial charge in [-0.25, -0.2) is 8.78 Å². The van der Waals surface area contributed by atoms with Crippen LogP contribution in [-0.2, 0) is 10.9 Å². The Morgan fingerprint density at radius 3 is 1.67 bits per heavy atom. The summed E-state index contributed by atoms with van der Waals surface area (Å²) in [5, 5.41) is 0. The molecule has 0 aliphatic heterocycles. The van der Waals surface area contributed by atoms with E-state index in [1.165, 1.54) is 51.4 Å². The first-order valence-electron chi connectivity index (χ1n) is 14.3. The lowest BCUT2D eigenvalue weighted by Gasteiger charge is -2.37. The molecule has 0 atom stereocenters. The molecule has 2 nitrogen and oxygen atoms in total. The molecule has 0 aromatic heterocycles. The minimum absolute atomic E-state index is 0.103. The van der Waals surface area contributed by atoms with Crippen LogP contribution in [0.5, 0.6) is 5.75 Å². The van der Waals surface area contributed by atoms with E-state index in [2.05, 4.69) is 23.8 Å². The van der Waals surface area contributed by atoms with Crippen molar-refractivity contribution >= 4 is 0 Å². The highest BCUT2D eigenvalue weighted by molar-refractivity contribution is 5.32. The van der Waals surface area contributed by atoms with Gasteiger partial charge in [0.2, 0.25) is 0 Å². The zero-order chi connectivity index (χ0) is 28.2. The van der Waals surface area contributed by atoms with Crippen molar-refractivity contribution in [2.24, 2.45) is 29.6 Å². The summed E-state index contributed by atoms with van der Waals surface area (Å²) in [6.07, 6.45) is 8.46. The molecule has 1 aromatic rings. The highest BCUT2D eigenvalue weighted by Gasteiger charge is 2.40. The van der Waals surface area contributed by atoms with E-state index >= 15 is 0 Å². The Morgan fingerprint density at radius 1 is 0.718 bits per heavy atom. The average Bonchev–Trinajstić information content (AvgIpc) is 2.86. The third-order valence-corrected chi connectivity index (χ3v) is 8.97. The smallest absolute Gasteiger partial charge is 0.422 e. The summed E-state index contributed by atoms with van der Waals surface area (Å²) >= 11 is 0. The molecule has 3 aliphatic carbocycles. The second-order valence-electron chi connectivity index (χ2n) is 11.9. The van der Waals surface area contributed by atoms with Crippen LogP contribution < -0.4 is 4.74 Å². The zero-order valence-electron chi connectivity index (χ0n) is 22.4. The topological polar surface area (TPSA) is 18.5 Å². The van der Waals surface area contributed by atoms with Crippen LogP contribution in [0.15, 0.2) is 24.3 Å². The van der Waals surface area contributed by atoms with E-state index in [-0.39, 0.29) is 18.2 Å². The standard InChI is InChI=1S/C30H39F7O2/c1-19-2-4-20(5-3-19)6-7-21-8-10-22(11-9-21)23-12-14-24(15-13-23)38-18-29(33,34)39-25-16-26(31)28(27(32)17-25)30(35,36)37/h6-7,16-17,19-24H,2-5,8-15,18H2,1H3/b7-6+. The highest BCUT2D eigenvalue weighted by Crippen LogP contribution is 2.42. The van der Waals surface area contributed by atoms with E-state index < -0.39 is 41.8 Å². The molecule has 220 valence electrons. The van der Waals surface area contributed by atoms with E-state index in [1.54, 1.807) is 0 Å². The average molecular weight is 565 g/mol. The van der Waals surface area contributed by atoms with Gasteiger partial charge >= 0.3 is 12.3 Å². The fraction of sp³-hybridized carbons (Fsp3) is 0.733. The molecule has 4 rings (SSSR count). The predicted molar refractivity (Wildman–Crippen MR) is 134 cm³/mol. The Balaban J connectivity index is 1.17. The van der Waals surface area contributed by atoms with Crippen molar-refractivity contribution in [1.82, 2.24) is 0 Å². The van der Waals surface area contributed by atoms with Crippen molar-refractivity contribution in [2.45, 2.75) is 102 Å². The van der Waals surface area contributed by atoms with Crippen molar-refractivity contribution in [3.8, 4) is 5.75 Å². The van der Waals surface area contributed by atoms with Gasteiger partial charge < -0.3 is 9.47 Å². The number of ether oxygens (including phenoxy) is 2. The van der Waals surface area contributed by atoms with E-state index in [0.717, 1.165) is 24.7 Å². The molecule has 3 saturated carbocycles. The zero-order valence-corrected chi connectivity index (χ0v) is 22.4. The third kappa shape index (κ3) is 8.61. The Labute approximate surface area is 226 Å². The van der Waals surface area contributed by atoms with Crippen molar-refractivity contribution in [3.63, 3.8) is 0 Å². The summed E-state index contributed by atoms with van der Waals surface area (Å²) < 4.78 is 104. The number of hydrogen-bond acceptors (Lipinski definition) is 2. The Hall–Kier alpha value is -1.77. The van der Waals surface area contributed by atoms with Gasteiger partial charge in [-0.1, -0.05) is 31.9 Å². The van der Waals surface area contributed by atoms with Gasteiger partial charge in [-0.15, -0.1) is 0 Å². The van der Waals surface area contributed by atoms with Gasteiger partial charge in [0.05, 0.1) is 6.10 Å². The molecular weight excluding hydrogens is 525 g/mol. The van der Waals surface area contributed by atoms with E-state index in [4.69, 9.17) is 4.74 Å². The molecule has 1 aromatic carbocycles. The van der Waals surface area contributed by atoms with Crippen molar-refractivity contribution in [1.29, 1.82) is 0 Å². The SMILES string of the molecule is CC1CCC(/C=C/C2CCC(C3CCC(OCC(F)(F)Oc4cc(F)c(C(F)(F)F)c(F)c4)CC3)CC2)CC1. The minimum atomic E-state index is -5.29. The molecule has 39 heavy (non-hydrogen) atoms. The molecule has 0 heterocycles. The van der Waals surface area contributed by atoms with Crippen LogP contribution in [-0.4, -0.2) is 18.8 Å². The van der Waals surface area contributed by atoms with Crippen molar-refractivity contribution < 1.29 is 40.2 Å². The maximum atomic E-state index is 14.2. The van der Waals surface area contributed by atoms with Crippen LogP contribution >= 0.6 is 0 Å². The first-order valence-corrected chi connectivity index (χ1v) is 14.3. The van der Waals surface area contributed by atoms with E-state index in [0.29, 0.717) is 30.6 Å². The van der Waals surface area contributed by atoms with Crippen LogP contribution in [0.1, 0.15) is 89.5 Å². The number of hydrogen-bond donors (Lipinski definition) is 0. The Morgan fingerprint density at radius 2 is 1.18 bits per heavy atom. The number of allylic oxidation sites excluding steroid dienone is 2. The maximum absolute atomic E-state index is 14.2. The van der Waals surface area contributed by atoms with Crippen LogP contribution in [0.3, 0.4) is 0 Å². The van der Waals surface area contributed by atoms with Crippen molar-refractivity contribution in [3.05, 3.63) is 41.5 Å². The van der Waals surface area contributed by atoms with Gasteiger partial charge in [0, 0.05) is 12.1 Å². The molecular formula is C30H39F7O2. The van der Waals surface area contributed by atoms with Crippen LogP contribution in [0.4, 0.5) is 30.7 Å². The molecule has 0 amide bonds. The fourth-order valence-electron chi connectivity index (χ4n) is 6.62. The van der Waals surface area contributed by atoms with Crippen LogP contribution in [0.25, 0.3) is 0 Å². The minimum Gasteiger partial charge on any atom is -0.431 e. The summed E-state index contributed by atoms with van der Waals surface area (Å²) in [5.74, 6) is -1.59. The lowest BCUT2D eigenvalue weighted by molar-refractivity contribution is -0.222. The van der Waals surface area contributed by atoms with Gasteiger partial charge in [-0.3, -0.25) is 0 Å². The molecule has 0 unspecified atom stereocenters. The maximum Gasteiger partial charge on any atom is 0.422 e. The van der Waals surface area contributed by atoms with E-state index in [9.17, 15) is 30.7 Å². The van der Waals surface area contributed by atoms with E-state index in [1.807, 2.05) is 0 Å². The van der Waals surface area contributed by atoms with Crippen LogP contribution in [0.2, 0.25) is 0 Å². The van der Waals surface area contributed by atoms with Crippen molar-refractivity contribution in [2.75, 3.05) is 6.61 Å². The largest absolute Gasteiger partial charge is 0.431 e. The van der Waals surface area contributed by atoms with Crippen LogP contribution in [0, 0.1) is 41.2 Å².